The van der Waals surface area contributed by atoms with E-state index in [1.54, 1.807) is 42.3 Å². The molecular formula is C28H30N6O3. The van der Waals surface area contributed by atoms with E-state index in [4.69, 9.17) is 9.72 Å². The maximum atomic E-state index is 12.9. The second-order valence-corrected chi connectivity index (χ2v) is 9.04. The van der Waals surface area contributed by atoms with E-state index in [9.17, 15) is 9.59 Å². The van der Waals surface area contributed by atoms with Crippen LogP contribution in [-0.2, 0) is 11.3 Å². The maximum absolute atomic E-state index is 12.9. The van der Waals surface area contributed by atoms with Crippen LogP contribution in [0.4, 0.5) is 10.5 Å². The standard InChI is InChI=1S/C28H30N6O3/c1-3-37-27(35)21-6-4-7-22(18-21)30-28(36)33-16-14-32(15-17-33)19-25-31-24-8-5-13-29-26(24)34(25)23-11-9-20(2)10-12-23/h4-13,18H,3,14-17,19H2,1-2H3,(H,30,36). The number of piperazine rings is 1. The Kier molecular flexibility index (Phi) is 7.14. The van der Waals surface area contributed by atoms with Gasteiger partial charge in [0.25, 0.3) is 0 Å². The Labute approximate surface area is 215 Å². The molecule has 37 heavy (non-hydrogen) atoms. The molecular weight excluding hydrogens is 468 g/mol. The van der Waals surface area contributed by atoms with E-state index in [1.807, 2.05) is 12.1 Å². The van der Waals surface area contributed by atoms with Crippen LogP contribution in [0.1, 0.15) is 28.7 Å². The van der Waals surface area contributed by atoms with Gasteiger partial charge in [-0.15, -0.1) is 0 Å². The van der Waals surface area contributed by atoms with Gasteiger partial charge >= 0.3 is 12.0 Å². The minimum atomic E-state index is -0.404. The monoisotopic (exact) mass is 498 g/mol. The molecule has 9 heteroatoms. The fourth-order valence-electron chi connectivity index (χ4n) is 4.48. The molecule has 0 spiro atoms. The third-order valence-electron chi connectivity index (χ3n) is 6.43. The molecule has 1 saturated heterocycles. The van der Waals surface area contributed by atoms with Gasteiger partial charge in [-0.1, -0.05) is 23.8 Å². The number of rotatable bonds is 6. The molecule has 1 N–H and O–H groups in total. The number of benzene rings is 2. The smallest absolute Gasteiger partial charge is 0.338 e. The summed E-state index contributed by atoms with van der Waals surface area (Å²) in [6.07, 6.45) is 1.79. The first-order valence-corrected chi connectivity index (χ1v) is 12.5. The highest BCUT2D eigenvalue weighted by Gasteiger charge is 2.24. The number of hydrogen-bond acceptors (Lipinski definition) is 6. The summed E-state index contributed by atoms with van der Waals surface area (Å²) in [4.78, 5) is 38.4. The van der Waals surface area contributed by atoms with Crippen LogP contribution < -0.4 is 5.32 Å². The summed E-state index contributed by atoms with van der Waals surface area (Å²) < 4.78 is 7.16. The Morgan fingerprint density at radius 2 is 1.78 bits per heavy atom. The third kappa shape index (κ3) is 5.46. The molecule has 1 fully saturated rings. The van der Waals surface area contributed by atoms with Crippen molar-refractivity contribution >= 4 is 28.9 Å². The molecule has 2 aromatic heterocycles. The van der Waals surface area contributed by atoms with Gasteiger partial charge in [0.2, 0.25) is 0 Å². The summed E-state index contributed by atoms with van der Waals surface area (Å²) in [6.45, 7) is 7.42. The second-order valence-electron chi connectivity index (χ2n) is 9.04. The Morgan fingerprint density at radius 3 is 2.54 bits per heavy atom. The number of nitrogens with one attached hydrogen (secondary N) is 1. The number of esters is 1. The molecule has 1 aliphatic rings. The number of amides is 2. The first-order chi connectivity index (χ1) is 18.0. The van der Waals surface area contributed by atoms with Crippen LogP contribution >= 0.6 is 0 Å². The number of carbonyl (C=O) groups excluding carboxylic acids is 2. The lowest BCUT2D eigenvalue weighted by molar-refractivity contribution is 0.0526. The van der Waals surface area contributed by atoms with Crippen molar-refractivity contribution in [2.24, 2.45) is 0 Å². The average molecular weight is 499 g/mol. The lowest BCUT2D eigenvalue weighted by Gasteiger charge is -2.34. The molecule has 0 atom stereocenters. The molecule has 4 aromatic rings. The number of aryl methyl sites for hydroxylation is 1. The highest BCUT2D eigenvalue weighted by Crippen LogP contribution is 2.22. The Balaban J connectivity index is 1.24. The van der Waals surface area contributed by atoms with Gasteiger partial charge < -0.3 is 15.0 Å². The summed E-state index contributed by atoms with van der Waals surface area (Å²) in [6, 6.07) is 18.9. The van der Waals surface area contributed by atoms with Crippen LogP contribution in [0, 0.1) is 6.92 Å². The number of aromatic nitrogens is 3. The molecule has 1 aliphatic heterocycles. The Morgan fingerprint density at radius 1 is 1.00 bits per heavy atom. The molecule has 3 heterocycles. The summed E-state index contributed by atoms with van der Waals surface area (Å²) in [5.41, 5.74) is 4.91. The zero-order chi connectivity index (χ0) is 25.8. The SMILES string of the molecule is CCOC(=O)c1cccc(NC(=O)N2CCN(Cc3nc4cccnc4n3-c3ccc(C)cc3)CC2)c1. The van der Waals surface area contributed by atoms with Crippen molar-refractivity contribution in [3.63, 3.8) is 0 Å². The summed E-state index contributed by atoms with van der Waals surface area (Å²) in [7, 11) is 0. The van der Waals surface area contributed by atoms with Gasteiger partial charge in [-0.25, -0.2) is 19.6 Å². The largest absolute Gasteiger partial charge is 0.462 e. The molecule has 9 nitrogen and oxygen atoms in total. The van der Waals surface area contributed by atoms with E-state index in [0.29, 0.717) is 37.5 Å². The highest BCUT2D eigenvalue weighted by molar-refractivity contribution is 5.94. The number of nitrogens with zero attached hydrogens (tertiary/aromatic N) is 5. The zero-order valence-electron chi connectivity index (χ0n) is 21.1. The number of anilines is 1. The predicted molar refractivity (Wildman–Crippen MR) is 142 cm³/mol. The molecule has 0 radical (unpaired) electrons. The van der Waals surface area contributed by atoms with E-state index < -0.39 is 5.97 Å². The van der Waals surface area contributed by atoms with Crippen molar-refractivity contribution in [1.82, 2.24) is 24.3 Å². The Hall–Kier alpha value is -4.24. The first kappa shape index (κ1) is 24.5. The number of carbonyl (C=O) groups is 2. The van der Waals surface area contributed by atoms with Crippen molar-refractivity contribution in [2.75, 3.05) is 38.1 Å². The van der Waals surface area contributed by atoms with Crippen molar-refractivity contribution < 1.29 is 14.3 Å². The molecule has 0 saturated carbocycles. The van der Waals surface area contributed by atoms with Crippen LogP contribution in [0.25, 0.3) is 16.9 Å². The summed E-state index contributed by atoms with van der Waals surface area (Å²) in [5.74, 6) is 0.519. The maximum Gasteiger partial charge on any atom is 0.338 e. The molecule has 0 bridgehead atoms. The molecule has 0 unspecified atom stereocenters. The van der Waals surface area contributed by atoms with E-state index in [-0.39, 0.29) is 6.03 Å². The lowest BCUT2D eigenvalue weighted by Crippen LogP contribution is -2.49. The number of hydrogen-bond donors (Lipinski definition) is 1. The fraction of sp³-hybridized carbons (Fsp3) is 0.286. The van der Waals surface area contributed by atoms with Crippen molar-refractivity contribution in [2.45, 2.75) is 20.4 Å². The van der Waals surface area contributed by atoms with Crippen LogP contribution in [0.5, 0.6) is 0 Å². The minimum absolute atomic E-state index is 0.184. The number of pyridine rings is 1. The van der Waals surface area contributed by atoms with E-state index >= 15 is 0 Å². The van der Waals surface area contributed by atoms with Gasteiger partial charge in [0.15, 0.2) is 5.65 Å². The van der Waals surface area contributed by atoms with Gasteiger partial charge in [-0.05, 0) is 56.3 Å². The summed E-state index contributed by atoms with van der Waals surface area (Å²) >= 11 is 0. The quantitative estimate of drug-likeness (QED) is 0.400. The van der Waals surface area contributed by atoms with Gasteiger partial charge in [0.1, 0.15) is 11.3 Å². The number of urea groups is 1. The zero-order valence-corrected chi connectivity index (χ0v) is 21.1. The second kappa shape index (κ2) is 10.8. The molecule has 0 aliphatic carbocycles. The lowest BCUT2D eigenvalue weighted by atomic mass is 10.2. The van der Waals surface area contributed by atoms with Crippen molar-refractivity contribution in [1.29, 1.82) is 0 Å². The topological polar surface area (TPSA) is 92.6 Å². The van der Waals surface area contributed by atoms with Crippen molar-refractivity contribution in [3.8, 4) is 5.69 Å². The van der Waals surface area contributed by atoms with Crippen LogP contribution in [0.15, 0.2) is 66.9 Å². The van der Waals surface area contributed by atoms with Gasteiger partial charge in [-0.2, -0.15) is 0 Å². The van der Waals surface area contributed by atoms with E-state index in [2.05, 4.69) is 51.0 Å². The third-order valence-corrected chi connectivity index (χ3v) is 6.43. The summed E-state index contributed by atoms with van der Waals surface area (Å²) in [5, 5.41) is 2.90. The van der Waals surface area contributed by atoms with Gasteiger partial charge in [-0.3, -0.25) is 9.47 Å². The molecule has 2 amide bonds. The predicted octanol–water partition coefficient (Wildman–Crippen LogP) is 4.26. The highest BCUT2D eigenvalue weighted by atomic mass is 16.5. The van der Waals surface area contributed by atoms with Gasteiger partial charge in [0.05, 0.1) is 18.7 Å². The van der Waals surface area contributed by atoms with E-state index in [0.717, 1.165) is 35.8 Å². The van der Waals surface area contributed by atoms with Gasteiger partial charge in [0, 0.05) is 43.8 Å². The normalized spacial score (nSPS) is 14.1. The van der Waals surface area contributed by atoms with Crippen LogP contribution in [-0.4, -0.2) is 69.1 Å². The van der Waals surface area contributed by atoms with Crippen molar-refractivity contribution in [3.05, 3.63) is 83.8 Å². The number of ether oxygens (including phenoxy) is 1. The number of imidazole rings is 1. The average Bonchev–Trinajstić information content (AvgIpc) is 3.27. The first-order valence-electron chi connectivity index (χ1n) is 12.5. The van der Waals surface area contributed by atoms with E-state index in [1.165, 1.54) is 5.56 Å². The van der Waals surface area contributed by atoms with Crippen LogP contribution in [0.3, 0.4) is 0 Å². The Bertz CT molecular complexity index is 1410. The fourth-order valence-corrected chi connectivity index (χ4v) is 4.48. The molecule has 5 rings (SSSR count). The molecule has 2 aromatic carbocycles. The number of fused-ring (bicyclic) bond motifs is 1. The molecule has 190 valence electrons. The van der Waals surface area contributed by atoms with Crippen LogP contribution in [0.2, 0.25) is 0 Å². The minimum Gasteiger partial charge on any atom is -0.462 e.